The van der Waals surface area contributed by atoms with Gasteiger partial charge in [-0.05, 0) is 52.8 Å². The molecule has 0 saturated carbocycles. The minimum Gasteiger partial charge on any atom is -0.508 e. The van der Waals surface area contributed by atoms with E-state index in [0.717, 1.165) is 17.5 Å². The summed E-state index contributed by atoms with van der Waals surface area (Å²) in [5.74, 6) is 0.386. The van der Waals surface area contributed by atoms with Gasteiger partial charge in [-0.3, -0.25) is 0 Å². The second-order valence-corrected chi connectivity index (χ2v) is 7.20. The Morgan fingerprint density at radius 1 is 0.952 bits per heavy atom. The van der Waals surface area contributed by atoms with Gasteiger partial charge in [-0.2, -0.15) is 0 Å². The van der Waals surface area contributed by atoms with E-state index in [1.54, 1.807) is 18.2 Å². The van der Waals surface area contributed by atoms with Crippen molar-refractivity contribution in [2.75, 3.05) is 0 Å². The van der Waals surface area contributed by atoms with Gasteiger partial charge in [0.1, 0.15) is 11.5 Å². The molecular formula is C18H19ClO2. The van der Waals surface area contributed by atoms with Crippen molar-refractivity contribution in [3.8, 4) is 11.5 Å². The summed E-state index contributed by atoms with van der Waals surface area (Å²) >= 11 is 6.10. The van der Waals surface area contributed by atoms with Crippen LogP contribution in [0.2, 0.25) is 5.02 Å². The zero-order valence-corrected chi connectivity index (χ0v) is 13.2. The molecule has 0 bridgehead atoms. The van der Waals surface area contributed by atoms with Crippen LogP contribution in [0, 0.1) is 0 Å². The van der Waals surface area contributed by atoms with Crippen LogP contribution in [0.3, 0.4) is 0 Å². The number of phenolic OH excluding ortho intramolecular Hbond substituents is 2. The molecule has 2 aromatic carbocycles. The van der Waals surface area contributed by atoms with Crippen molar-refractivity contribution < 1.29 is 10.2 Å². The Balaban J connectivity index is 2.24. The van der Waals surface area contributed by atoms with E-state index in [4.69, 9.17) is 11.6 Å². The van der Waals surface area contributed by atoms with Crippen molar-refractivity contribution in [2.24, 2.45) is 0 Å². The number of benzene rings is 2. The average Bonchev–Trinajstić information content (AvgIpc) is 2.59. The van der Waals surface area contributed by atoms with Crippen LogP contribution in [0.1, 0.15) is 43.9 Å². The van der Waals surface area contributed by atoms with E-state index in [0.29, 0.717) is 5.02 Å². The highest BCUT2D eigenvalue weighted by molar-refractivity contribution is 6.32. The maximum absolute atomic E-state index is 10.0. The molecule has 1 atom stereocenters. The van der Waals surface area contributed by atoms with Crippen LogP contribution in [0.25, 0.3) is 0 Å². The first kappa shape index (κ1) is 14.3. The number of hydrogen-bond donors (Lipinski definition) is 2. The Kier molecular flexibility index (Phi) is 3.00. The van der Waals surface area contributed by atoms with E-state index < -0.39 is 0 Å². The highest BCUT2D eigenvalue weighted by Gasteiger charge is 2.46. The van der Waals surface area contributed by atoms with Crippen LogP contribution in [-0.2, 0) is 10.8 Å². The fourth-order valence-electron chi connectivity index (χ4n) is 3.74. The first-order chi connectivity index (χ1) is 9.74. The molecule has 2 N–H and O–H groups in total. The third kappa shape index (κ3) is 2.09. The molecule has 2 nitrogen and oxygen atoms in total. The van der Waals surface area contributed by atoms with Gasteiger partial charge >= 0.3 is 0 Å². The number of aromatic hydroxyl groups is 2. The van der Waals surface area contributed by atoms with Crippen molar-refractivity contribution in [1.29, 1.82) is 0 Å². The molecule has 0 fully saturated rings. The molecule has 1 aliphatic carbocycles. The molecule has 3 rings (SSSR count). The Morgan fingerprint density at radius 3 is 2.19 bits per heavy atom. The van der Waals surface area contributed by atoms with Crippen molar-refractivity contribution in [1.82, 2.24) is 0 Å². The fraction of sp³-hybridized carbons (Fsp3) is 0.333. The summed E-state index contributed by atoms with van der Waals surface area (Å²) in [5, 5.41) is 19.9. The summed E-state index contributed by atoms with van der Waals surface area (Å²) in [5.41, 5.74) is 3.21. The normalized spacial score (nSPS) is 23.0. The number of hydrogen-bond acceptors (Lipinski definition) is 2. The topological polar surface area (TPSA) is 40.5 Å². The summed E-state index contributed by atoms with van der Waals surface area (Å²) in [7, 11) is 0. The van der Waals surface area contributed by atoms with Crippen LogP contribution in [0.15, 0.2) is 36.4 Å². The highest BCUT2D eigenvalue weighted by Crippen LogP contribution is 2.54. The second-order valence-electron chi connectivity index (χ2n) is 6.79. The lowest BCUT2D eigenvalue weighted by atomic mass is 9.75. The summed E-state index contributed by atoms with van der Waals surface area (Å²) in [6.45, 7) is 6.58. The summed E-state index contributed by atoms with van der Waals surface area (Å²) in [6, 6.07) is 11.0. The van der Waals surface area contributed by atoms with E-state index in [9.17, 15) is 10.2 Å². The number of phenols is 2. The molecule has 1 aliphatic rings. The first-order valence-electron chi connectivity index (χ1n) is 7.07. The van der Waals surface area contributed by atoms with Crippen LogP contribution in [-0.4, -0.2) is 10.2 Å². The molecule has 0 aromatic heterocycles. The van der Waals surface area contributed by atoms with Gasteiger partial charge in [-0.25, -0.2) is 0 Å². The molecule has 1 unspecified atom stereocenters. The van der Waals surface area contributed by atoms with Gasteiger partial charge in [0.15, 0.2) is 0 Å². The molecule has 21 heavy (non-hydrogen) atoms. The third-order valence-corrected chi connectivity index (χ3v) is 5.01. The van der Waals surface area contributed by atoms with Crippen molar-refractivity contribution in [3.05, 3.63) is 58.1 Å². The largest absolute Gasteiger partial charge is 0.508 e. The molecule has 0 saturated heterocycles. The molecule has 3 heteroatoms. The highest BCUT2D eigenvalue weighted by atomic mass is 35.5. The SMILES string of the molecule is CC1(C)CC(C)(c2ccc(O)cc2)c2cc(O)c(Cl)cc21. The Morgan fingerprint density at radius 2 is 1.57 bits per heavy atom. The summed E-state index contributed by atoms with van der Waals surface area (Å²) < 4.78 is 0. The second kappa shape index (κ2) is 4.41. The van der Waals surface area contributed by atoms with E-state index >= 15 is 0 Å². The molecule has 0 amide bonds. The van der Waals surface area contributed by atoms with Gasteiger partial charge in [0.2, 0.25) is 0 Å². The molecule has 2 aromatic rings. The minimum absolute atomic E-state index is 0.0146. The third-order valence-electron chi connectivity index (χ3n) is 4.71. The first-order valence-corrected chi connectivity index (χ1v) is 7.45. The number of rotatable bonds is 1. The summed E-state index contributed by atoms with van der Waals surface area (Å²) in [4.78, 5) is 0. The number of halogens is 1. The Hall–Kier alpha value is -1.67. The lowest BCUT2D eigenvalue weighted by Crippen LogP contribution is -2.23. The lowest BCUT2D eigenvalue weighted by Gasteiger charge is -2.28. The van der Waals surface area contributed by atoms with Gasteiger partial charge in [0.05, 0.1) is 5.02 Å². The van der Waals surface area contributed by atoms with Gasteiger partial charge < -0.3 is 10.2 Å². The molecule has 110 valence electrons. The van der Waals surface area contributed by atoms with Crippen LogP contribution in [0.5, 0.6) is 11.5 Å². The maximum atomic E-state index is 10.0. The van der Waals surface area contributed by atoms with Gasteiger partial charge in [-0.1, -0.05) is 44.5 Å². The predicted molar refractivity (Wildman–Crippen MR) is 85.3 cm³/mol. The molecule has 0 heterocycles. The fourth-order valence-corrected chi connectivity index (χ4v) is 3.90. The Labute approximate surface area is 130 Å². The van der Waals surface area contributed by atoms with Gasteiger partial charge in [0, 0.05) is 5.41 Å². The lowest BCUT2D eigenvalue weighted by molar-refractivity contribution is 0.423. The monoisotopic (exact) mass is 302 g/mol. The minimum atomic E-state index is -0.200. The smallest absolute Gasteiger partial charge is 0.134 e. The predicted octanol–water partition coefficient (Wildman–Crippen LogP) is 4.74. The molecule has 0 radical (unpaired) electrons. The van der Waals surface area contributed by atoms with Crippen molar-refractivity contribution in [2.45, 2.75) is 38.0 Å². The number of fused-ring (bicyclic) bond motifs is 1. The Bertz CT molecular complexity index is 704. The maximum Gasteiger partial charge on any atom is 0.134 e. The van der Waals surface area contributed by atoms with Crippen LogP contribution in [0.4, 0.5) is 0 Å². The van der Waals surface area contributed by atoms with Crippen LogP contribution < -0.4 is 0 Å². The van der Waals surface area contributed by atoms with Crippen molar-refractivity contribution in [3.63, 3.8) is 0 Å². The van der Waals surface area contributed by atoms with Gasteiger partial charge in [-0.15, -0.1) is 0 Å². The molecule has 0 spiro atoms. The zero-order chi connectivity index (χ0) is 15.4. The quantitative estimate of drug-likeness (QED) is 0.799. The molecular weight excluding hydrogens is 284 g/mol. The zero-order valence-electron chi connectivity index (χ0n) is 12.4. The molecule has 0 aliphatic heterocycles. The van der Waals surface area contributed by atoms with E-state index in [-0.39, 0.29) is 22.3 Å². The summed E-state index contributed by atoms with van der Waals surface area (Å²) in [6.07, 6.45) is 0.930. The van der Waals surface area contributed by atoms with E-state index in [2.05, 4.69) is 20.8 Å². The van der Waals surface area contributed by atoms with Crippen LogP contribution >= 0.6 is 11.6 Å². The average molecular weight is 303 g/mol. The van der Waals surface area contributed by atoms with E-state index in [1.807, 2.05) is 18.2 Å². The van der Waals surface area contributed by atoms with Gasteiger partial charge in [0.25, 0.3) is 0 Å². The standard InChI is InChI=1S/C18H19ClO2/c1-17(2)10-18(3,11-4-6-12(20)7-5-11)14-9-16(21)15(19)8-13(14)17/h4-9,20-21H,10H2,1-3H3. The van der Waals surface area contributed by atoms with Crippen molar-refractivity contribution >= 4 is 11.6 Å². The van der Waals surface area contributed by atoms with E-state index in [1.165, 1.54) is 5.56 Å².